The fourth-order valence-electron chi connectivity index (χ4n) is 3.82. The summed E-state index contributed by atoms with van der Waals surface area (Å²) < 4.78 is 32.4. The summed E-state index contributed by atoms with van der Waals surface area (Å²) in [6, 6.07) is 10.3. The van der Waals surface area contributed by atoms with E-state index < -0.39 is 16.1 Å². The Morgan fingerprint density at radius 3 is 2.36 bits per heavy atom. The van der Waals surface area contributed by atoms with Crippen LogP contribution < -0.4 is 15.6 Å². The lowest BCUT2D eigenvalue weighted by atomic mass is 9.86. The smallest absolute Gasteiger partial charge is 0.329 e. The van der Waals surface area contributed by atoms with Crippen molar-refractivity contribution in [1.29, 1.82) is 0 Å². The highest BCUT2D eigenvalue weighted by molar-refractivity contribution is 7.89. The molecule has 0 aliphatic rings. The predicted molar refractivity (Wildman–Crippen MR) is 129 cm³/mol. The SMILES string of the molecule is CCCn1c(=O)n(C[C@H](O)COc2ccc(C(C)(C)C)cc2C)c2cc(S(N)(=O)=O)ccc21. The Balaban J connectivity index is 1.86. The molecule has 0 fully saturated rings. The van der Waals surface area contributed by atoms with Crippen LogP contribution in [-0.2, 0) is 28.5 Å². The summed E-state index contributed by atoms with van der Waals surface area (Å²) in [5.74, 6) is 0.666. The summed E-state index contributed by atoms with van der Waals surface area (Å²) >= 11 is 0. The second-order valence-electron chi connectivity index (χ2n) is 9.44. The molecule has 0 bridgehead atoms. The molecule has 0 aliphatic heterocycles. The summed E-state index contributed by atoms with van der Waals surface area (Å²) in [5.41, 5.74) is 2.86. The zero-order valence-electron chi connectivity index (χ0n) is 19.8. The van der Waals surface area contributed by atoms with E-state index >= 15 is 0 Å². The minimum absolute atomic E-state index is 0.0164. The molecule has 0 spiro atoms. The zero-order valence-corrected chi connectivity index (χ0v) is 20.6. The van der Waals surface area contributed by atoms with Gasteiger partial charge in [0.25, 0.3) is 0 Å². The standard InChI is InChI=1S/C24H33N3O5S/c1-6-11-26-20-9-8-19(33(25,30)31)13-21(20)27(23(26)29)14-18(28)15-32-22-10-7-17(12-16(22)2)24(3,4)5/h7-10,12-13,18,28H,6,11,14-15H2,1-5H3,(H2,25,30,31)/t18-/m0/s1. The molecule has 1 atom stereocenters. The van der Waals surface area contributed by atoms with Crippen molar-refractivity contribution in [3.8, 4) is 5.75 Å². The zero-order chi connectivity index (χ0) is 24.6. The average Bonchev–Trinajstić information content (AvgIpc) is 2.97. The van der Waals surface area contributed by atoms with E-state index in [9.17, 15) is 18.3 Å². The van der Waals surface area contributed by atoms with Gasteiger partial charge in [-0.2, -0.15) is 0 Å². The Bertz CT molecular complexity index is 1320. The van der Waals surface area contributed by atoms with Crippen LogP contribution in [0.2, 0.25) is 0 Å². The highest BCUT2D eigenvalue weighted by atomic mass is 32.2. The Morgan fingerprint density at radius 2 is 1.79 bits per heavy atom. The van der Waals surface area contributed by atoms with Crippen LogP contribution in [0.4, 0.5) is 0 Å². The summed E-state index contributed by atoms with van der Waals surface area (Å²) in [5, 5.41) is 15.9. The number of aryl methyl sites for hydroxylation is 2. The van der Waals surface area contributed by atoms with Gasteiger partial charge >= 0.3 is 5.69 Å². The molecule has 0 saturated heterocycles. The third-order valence-electron chi connectivity index (χ3n) is 5.63. The van der Waals surface area contributed by atoms with Gasteiger partial charge in [-0.05, 0) is 54.2 Å². The Kier molecular flexibility index (Phi) is 7.07. The van der Waals surface area contributed by atoms with Crippen LogP contribution in [0.25, 0.3) is 11.0 Å². The van der Waals surface area contributed by atoms with Crippen LogP contribution >= 0.6 is 0 Å². The minimum Gasteiger partial charge on any atom is -0.491 e. The maximum Gasteiger partial charge on any atom is 0.329 e. The monoisotopic (exact) mass is 475 g/mol. The molecule has 0 unspecified atom stereocenters. The molecule has 1 aromatic heterocycles. The number of aliphatic hydroxyl groups is 1. The topological polar surface area (TPSA) is 117 Å². The van der Waals surface area contributed by atoms with Gasteiger partial charge in [0.2, 0.25) is 10.0 Å². The van der Waals surface area contributed by atoms with Gasteiger partial charge in [-0.25, -0.2) is 18.4 Å². The molecule has 8 nitrogen and oxygen atoms in total. The summed E-state index contributed by atoms with van der Waals surface area (Å²) in [7, 11) is -3.93. The fraction of sp³-hybridized carbons (Fsp3) is 0.458. The van der Waals surface area contributed by atoms with Crippen molar-refractivity contribution in [2.24, 2.45) is 5.14 Å². The van der Waals surface area contributed by atoms with Gasteiger partial charge in [0.1, 0.15) is 18.5 Å². The minimum atomic E-state index is -3.93. The van der Waals surface area contributed by atoms with Crippen molar-refractivity contribution >= 4 is 21.1 Å². The van der Waals surface area contributed by atoms with Gasteiger partial charge in [-0.1, -0.05) is 39.8 Å². The first-order valence-corrected chi connectivity index (χ1v) is 12.6. The number of hydrogen-bond donors (Lipinski definition) is 2. The van der Waals surface area contributed by atoms with Crippen molar-refractivity contribution in [3.05, 3.63) is 58.0 Å². The molecule has 3 rings (SSSR count). The average molecular weight is 476 g/mol. The predicted octanol–water partition coefficient (Wildman–Crippen LogP) is 2.91. The van der Waals surface area contributed by atoms with Gasteiger partial charge in [-0.15, -0.1) is 0 Å². The number of ether oxygens (including phenoxy) is 1. The van der Waals surface area contributed by atoms with Crippen molar-refractivity contribution in [1.82, 2.24) is 9.13 Å². The van der Waals surface area contributed by atoms with Crippen LogP contribution in [0.5, 0.6) is 5.75 Å². The molecule has 3 N–H and O–H groups in total. The lowest BCUT2D eigenvalue weighted by Gasteiger charge is -2.21. The van der Waals surface area contributed by atoms with E-state index in [-0.39, 0.29) is 29.2 Å². The maximum absolute atomic E-state index is 13.0. The molecule has 2 aromatic carbocycles. The number of aromatic nitrogens is 2. The van der Waals surface area contributed by atoms with E-state index in [2.05, 4.69) is 26.8 Å². The summed E-state index contributed by atoms with van der Waals surface area (Å²) in [4.78, 5) is 12.9. The van der Waals surface area contributed by atoms with Crippen molar-refractivity contribution in [3.63, 3.8) is 0 Å². The summed E-state index contributed by atoms with van der Waals surface area (Å²) in [6.07, 6.45) is -0.255. The number of aliphatic hydroxyl groups excluding tert-OH is 1. The first-order chi connectivity index (χ1) is 15.3. The van der Waals surface area contributed by atoms with Gasteiger partial charge < -0.3 is 9.84 Å². The first-order valence-electron chi connectivity index (χ1n) is 11.0. The lowest BCUT2D eigenvalue weighted by molar-refractivity contribution is 0.0921. The number of primary sulfonamides is 1. The molecule has 0 radical (unpaired) electrons. The number of fused-ring (bicyclic) bond motifs is 1. The molecule has 0 aliphatic carbocycles. The van der Waals surface area contributed by atoms with E-state index in [0.717, 1.165) is 12.0 Å². The van der Waals surface area contributed by atoms with Crippen LogP contribution in [-0.4, -0.2) is 35.4 Å². The number of benzene rings is 2. The molecule has 180 valence electrons. The number of nitrogens with zero attached hydrogens (tertiary/aromatic N) is 2. The third kappa shape index (κ3) is 5.48. The van der Waals surface area contributed by atoms with E-state index in [0.29, 0.717) is 23.3 Å². The van der Waals surface area contributed by atoms with Crippen LogP contribution in [0, 0.1) is 6.92 Å². The molecule has 3 aromatic rings. The first kappa shape index (κ1) is 25.0. The number of imidazole rings is 1. The molecule has 0 saturated carbocycles. The quantitative estimate of drug-likeness (QED) is 0.520. The number of rotatable bonds is 8. The van der Waals surface area contributed by atoms with Crippen molar-refractivity contribution in [2.45, 2.75) is 70.5 Å². The van der Waals surface area contributed by atoms with Crippen LogP contribution in [0.3, 0.4) is 0 Å². The molecular weight excluding hydrogens is 442 g/mol. The molecule has 33 heavy (non-hydrogen) atoms. The van der Waals surface area contributed by atoms with E-state index in [1.165, 1.54) is 22.3 Å². The lowest BCUT2D eigenvalue weighted by Crippen LogP contribution is -2.31. The van der Waals surface area contributed by atoms with Crippen LogP contribution in [0.15, 0.2) is 46.1 Å². The van der Waals surface area contributed by atoms with E-state index in [4.69, 9.17) is 9.88 Å². The van der Waals surface area contributed by atoms with Gasteiger partial charge in [0.05, 0.1) is 22.5 Å². The Morgan fingerprint density at radius 1 is 1.09 bits per heavy atom. The molecular formula is C24H33N3O5S. The number of hydrogen-bond acceptors (Lipinski definition) is 5. The largest absolute Gasteiger partial charge is 0.491 e. The van der Waals surface area contributed by atoms with Gasteiger partial charge in [0.15, 0.2) is 0 Å². The number of nitrogens with two attached hydrogens (primary N) is 1. The second kappa shape index (κ2) is 9.32. The van der Waals surface area contributed by atoms with Gasteiger partial charge in [0, 0.05) is 6.54 Å². The molecule has 9 heteroatoms. The van der Waals surface area contributed by atoms with Crippen molar-refractivity contribution < 1.29 is 18.3 Å². The number of sulfonamides is 1. The van der Waals surface area contributed by atoms with Gasteiger partial charge in [-0.3, -0.25) is 9.13 Å². The highest BCUT2D eigenvalue weighted by Crippen LogP contribution is 2.27. The Hall–Kier alpha value is -2.62. The maximum atomic E-state index is 13.0. The van der Waals surface area contributed by atoms with Crippen molar-refractivity contribution in [2.75, 3.05) is 6.61 Å². The normalized spacial score (nSPS) is 13.4. The fourth-order valence-corrected chi connectivity index (χ4v) is 4.35. The highest BCUT2D eigenvalue weighted by Gasteiger charge is 2.20. The third-order valence-corrected chi connectivity index (χ3v) is 6.54. The second-order valence-corrected chi connectivity index (χ2v) is 11.0. The van der Waals surface area contributed by atoms with Crippen LogP contribution in [0.1, 0.15) is 45.2 Å². The summed E-state index contributed by atoms with van der Waals surface area (Å²) in [6.45, 7) is 10.7. The van der Waals surface area contributed by atoms with E-state index in [1.54, 1.807) is 10.6 Å². The van der Waals surface area contributed by atoms with E-state index in [1.807, 2.05) is 26.0 Å². The Labute approximate surface area is 194 Å². The molecule has 0 amide bonds. The molecule has 1 heterocycles.